The monoisotopic (exact) mass is 185 g/mol. The van der Waals surface area contributed by atoms with Gasteiger partial charge in [-0.25, -0.2) is 0 Å². The van der Waals surface area contributed by atoms with Crippen LogP contribution in [0.3, 0.4) is 0 Å². The summed E-state index contributed by atoms with van der Waals surface area (Å²) >= 11 is 0. The van der Waals surface area contributed by atoms with Gasteiger partial charge in [0.1, 0.15) is 5.84 Å². The zero-order valence-electron chi connectivity index (χ0n) is 7.70. The maximum absolute atomic E-state index is 8.33. The summed E-state index contributed by atoms with van der Waals surface area (Å²) in [5, 5.41) is 15.6. The van der Waals surface area contributed by atoms with Gasteiger partial charge in [0.25, 0.3) is 0 Å². The molecule has 0 radical (unpaired) electrons. The summed E-state index contributed by atoms with van der Waals surface area (Å²) in [5.41, 5.74) is 6.99. The molecule has 70 valence electrons. The lowest BCUT2D eigenvalue weighted by Gasteiger charge is -1.98. The summed E-state index contributed by atoms with van der Waals surface area (Å²) < 4.78 is 0. The van der Waals surface area contributed by atoms with Crippen LogP contribution in [0, 0.1) is 16.7 Å². The van der Waals surface area contributed by atoms with E-state index in [4.69, 9.17) is 16.4 Å². The highest BCUT2D eigenvalue weighted by molar-refractivity contribution is 5.95. The van der Waals surface area contributed by atoms with Crippen LogP contribution >= 0.6 is 0 Å². The summed E-state index contributed by atoms with van der Waals surface area (Å²) in [4.78, 5) is 0. The number of hydrogen-bond donors (Lipinski definition) is 2. The number of nitriles is 1. The molecule has 0 aliphatic rings. The molecular formula is C11H11N3. The molecule has 0 spiro atoms. The fourth-order valence-electron chi connectivity index (χ4n) is 1.06. The molecular weight excluding hydrogens is 174 g/mol. The summed E-state index contributed by atoms with van der Waals surface area (Å²) in [5.74, 6) is 0.0560. The second kappa shape index (κ2) is 4.83. The quantitative estimate of drug-likeness (QED) is 0.557. The Morgan fingerprint density at radius 2 is 2.36 bits per heavy atom. The lowest BCUT2D eigenvalue weighted by molar-refractivity contribution is 1.36. The Kier molecular flexibility index (Phi) is 3.45. The summed E-state index contributed by atoms with van der Waals surface area (Å²) in [7, 11) is 0. The largest absolute Gasteiger partial charge is 0.384 e. The first-order valence-electron chi connectivity index (χ1n) is 4.22. The minimum absolute atomic E-state index is 0.0560. The Morgan fingerprint density at radius 3 is 3.00 bits per heavy atom. The maximum Gasteiger partial charge on any atom is 0.122 e. The van der Waals surface area contributed by atoms with Crippen LogP contribution in [-0.4, -0.2) is 5.84 Å². The van der Waals surface area contributed by atoms with Gasteiger partial charge in [-0.3, -0.25) is 5.41 Å². The highest BCUT2D eigenvalue weighted by Gasteiger charge is 1.95. The van der Waals surface area contributed by atoms with Gasteiger partial charge in [0.2, 0.25) is 0 Å². The number of nitrogen functional groups attached to an aromatic ring is 1. The molecule has 3 heteroatoms. The van der Waals surface area contributed by atoms with Crippen molar-refractivity contribution >= 4 is 11.9 Å². The van der Waals surface area contributed by atoms with Gasteiger partial charge in [-0.05, 0) is 11.6 Å². The maximum atomic E-state index is 8.33. The first-order valence-corrected chi connectivity index (χ1v) is 4.22. The van der Waals surface area contributed by atoms with Gasteiger partial charge in [0.15, 0.2) is 0 Å². The van der Waals surface area contributed by atoms with Crippen molar-refractivity contribution in [2.45, 2.75) is 6.42 Å². The van der Waals surface area contributed by atoms with Crippen molar-refractivity contribution < 1.29 is 0 Å². The predicted molar refractivity (Wildman–Crippen MR) is 56.7 cm³/mol. The van der Waals surface area contributed by atoms with E-state index in [9.17, 15) is 0 Å². The first kappa shape index (κ1) is 10.0. The SMILES string of the molecule is N#CCC=Cc1cccc(C(=N)N)c1. The molecule has 0 saturated heterocycles. The third-order valence-corrected chi connectivity index (χ3v) is 1.72. The van der Waals surface area contributed by atoms with E-state index in [0.717, 1.165) is 5.56 Å². The Morgan fingerprint density at radius 1 is 1.57 bits per heavy atom. The number of allylic oxidation sites excluding steroid dienone is 1. The highest BCUT2D eigenvalue weighted by Crippen LogP contribution is 2.06. The second-order valence-electron chi connectivity index (χ2n) is 2.80. The molecule has 0 amide bonds. The minimum atomic E-state index is 0.0560. The molecule has 0 unspecified atom stereocenters. The van der Waals surface area contributed by atoms with E-state index in [1.807, 2.05) is 30.3 Å². The fraction of sp³-hybridized carbons (Fsp3) is 0.0909. The van der Waals surface area contributed by atoms with E-state index in [1.54, 1.807) is 12.1 Å². The molecule has 0 aliphatic carbocycles. The van der Waals surface area contributed by atoms with Crippen LogP contribution in [0.25, 0.3) is 6.08 Å². The third-order valence-electron chi connectivity index (χ3n) is 1.72. The normalized spacial score (nSPS) is 9.93. The number of hydrogen-bond acceptors (Lipinski definition) is 2. The van der Waals surface area contributed by atoms with Gasteiger partial charge in [-0.2, -0.15) is 5.26 Å². The lowest BCUT2D eigenvalue weighted by Crippen LogP contribution is -2.10. The number of benzene rings is 1. The third kappa shape index (κ3) is 2.76. The van der Waals surface area contributed by atoms with Gasteiger partial charge in [0.05, 0.1) is 12.5 Å². The van der Waals surface area contributed by atoms with E-state index in [0.29, 0.717) is 12.0 Å². The second-order valence-corrected chi connectivity index (χ2v) is 2.80. The molecule has 0 fully saturated rings. The van der Waals surface area contributed by atoms with Crippen molar-refractivity contribution in [2.75, 3.05) is 0 Å². The molecule has 0 aliphatic heterocycles. The molecule has 0 atom stereocenters. The molecule has 0 heterocycles. The van der Waals surface area contributed by atoms with Gasteiger partial charge < -0.3 is 5.73 Å². The van der Waals surface area contributed by atoms with Crippen LogP contribution in [0.1, 0.15) is 17.5 Å². The van der Waals surface area contributed by atoms with Crippen LogP contribution in [0.2, 0.25) is 0 Å². The minimum Gasteiger partial charge on any atom is -0.384 e. The van der Waals surface area contributed by atoms with E-state index in [2.05, 4.69) is 0 Å². The molecule has 0 bridgehead atoms. The molecule has 14 heavy (non-hydrogen) atoms. The average molecular weight is 185 g/mol. The number of nitrogens with two attached hydrogens (primary N) is 1. The lowest BCUT2D eigenvalue weighted by atomic mass is 10.1. The van der Waals surface area contributed by atoms with Gasteiger partial charge in [-0.1, -0.05) is 30.4 Å². The average Bonchev–Trinajstić information content (AvgIpc) is 2.19. The van der Waals surface area contributed by atoms with Gasteiger partial charge in [0, 0.05) is 5.56 Å². The topological polar surface area (TPSA) is 73.7 Å². The Balaban J connectivity index is 2.85. The highest BCUT2D eigenvalue weighted by atomic mass is 14.7. The van der Waals surface area contributed by atoms with Crippen molar-refractivity contribution in [3.63, 3.8) is 0 Å². The molecule has 1 aromatic carbocycles. The number of rotatable bonds is 3. The van der Waals surface area contributed by atoms with Gasteiger partial charge in [-0.15, -0.1) is 0 Å². The molecule has 1 aromatic rings. The Labute approximate surface area is 83.0 Å². The molecule has 1 rings (SSSR count). The standard InChI is InChI=1S/C11H11N3/c12-7-2-1-4-9-5-3-6-10(8-9)11(13)14/h1,3-6,8H,2H2,(H3,13,14). The van der Waals surface area contributed by atoms with Crippen LogP contribution in [0.15, 0.2) is 30.3 Å². The summed E-state index contributed by atoms with van der Waals surface area (Å²) in [6, 6.07) is 9.36. The van der Waals surface area contributed by atoms with E-state index in [-0.39, 0.29) is 5.84 Å². The molecule has 0 aromatic heterocycles. The number of nitrogens with zero attached hydrogens (tertiary/aromatic N) is 1. The smallest absolute Gasteiger partial charge is 0.122 e. The summed E-state index contributed by atoms with van der Waals surface area (Å²) in [6.07, 6.45) is 4.01. The Bertz CT molecular complexity index is 399. The zero-order valence-corrected chi connectivity index (χ0v) is 7.70. The molecule has 3 N–H and O–H groups in total. The van der Waals surface area contributed by atoms with Crippen molar-refractivity contribution in [1.82, 2.24) is 0 Å². The van der Waals surface area contributed by atoms with E-state index in [1.165, 1.54) is 0 Å². The predicted octanol–water partition coefficient (Wildman–Crippen LogP) is 1.90. The molecule has 0 saturated carbocycles. The van der Waals surface area contributed by atoms with E-state index >= 15 is 0 Å². The van der Waals surface area contributed by atoms with Crippen molar-refractivity contribution in [1.29, 1.82) is 10.7 Å². The van der Waals surface area contributed by atoms with Crippen LogP contribution in [0.5, 0.6) is 0 Å². The van der Waals surface area contributed by atoms with Crippen LogP contribution in [-0.2, 0) is 0 Å². The van der Waals surface area contributed by atoms with Crippen molar-refractivity contribution in [3.05, 3.63) is 41.5 Å². The zero-order chi connectivity index (χ0) is 10.4. The fourth-order valence-corrected chi connectivity index (χ4v) is 1.06. The van der Waals surface area contributed by atoms with Gasteiger partial charge >= 0.3 is 0 Å². The Hall–Kier alpha value is -2.08. The number of amidine groups is 1. The van der Waals surface area contributed by atoms with Crippen LogP contribution < -0.4 is 5.73 Å². The summed E-state index contributed by atoms with van der Waals surface area (Å²) in [6.45, 7) is 0. The van der Waals surface area contributed by atoms with E-state index < -0.39 is 0 Å². The van der Waals surface area contributed by atoms with Crippen molar-refractivity contribution in [3.8, 4) is 6.07 Å². The van der Waals surface area contributed by atoms with Crippen molar-refractivity contribution in [2.24, 2.45) is 5.73 Å². The first-order chi connectivity index (χ1) is 6.74. The van der Waals surface area contributed by atoms with Crippen LogP contribution in [0.4, 0.5) is 0 Å². The molecule has 3 nitrogen and oxygen atoms in total. The number of nitrogens with one attached hydrogen (secondary N) is 1.